The van der Waals surface area contributed by atoms with Gasteiger partial charge in [-0.05, 0) is 43.5 Å². The maximum Gasteiger partial charge on any atom is 0.234 e. The average molecular weight is 363 g/mol. The lowest BCUT2D eigenvalue weighted by Crippen LogP contribution is -2.15. The molecule has 1 heterocycles. The van der Waals surface area contributed by atoms with Crippen molar-refractivity contribution in [3.63, 3.8) is 0 Å². The molecule has 0 aliphatic heterocycles. The number of carbonyl (C=O) groups excluding carboxylic acids is 1. The number of anilines is 1. The van der Waals surface area contributed by atoms with Gasteiger partial charge in [-0.2, -0.15) is 0 Å². The van der Waals surface area contributed by atoms with Gasteiger partial charge in [0.25, 0.3) is 0 Å². The number of nitrogens with zero attached hydrogens (tertiary/aromatic N) is 3. The zero-order valence-corrected chi connectivity index (χ0v) is 15.0. The molecule has 1 fully saturated rings. The van der Waals surface area contributed by atoms with Crippen LogP contribution in [0.25, 0.3) is 0 Å². The molecular weight excluding hydrogens is 344 g/mol. The van der Waals surface area contributed by atoms with Crippen molar-refractivity contribution in [2.45, 2.75) is 37.4 Å². The molecule has 1 aromatic carbocycles. The number of allylic oxidation sites excluding steroid dienone is 1. The van der Waals surface area contributed by atoms with Gasteiger partial charge in [-0.25, -0.2) is 0 Å². The predicted octanol–water partition coefficient (Wildman–Crippen LogP) is 4.03. The van der Waals surface area contributed by atoms with Gasteiger partial charge in [0.15, 0.2) is 5.16 Å². The van der Waals surface area contributed by atoms with Crippen LogP contribution in [0.4, 0.5) is 5.69 Å². The largest absolute Gasteiger partial charge is 0.325 e. The quantitative estimate of drug-likeness (QED) is 0.596. The van der Waals surface area contributed by atoms with Crippen molar-refractivity contribution >= 4 is 35.0 Å². The molecule has 0 spiro atoms. The van der Waals surface area contributed by atoms with Crippen LogP contribution in [-0.4, -0.2) is 26.4 Å². The number of aromatic nitrogens is 3. The van der Waals surface area contributed by atoms with Crippen LogP contribution in [0.1, 0.15) is 30.1 Å². The van der Waals surface area contributed by atoms with Gasteiger partial charge in [0.1, 0.15) is 5.82 Å². The van der Waals surface area contributed by atoms with Crippen LogP contribution in [0, 0.1) is 6.92 Å². The molecule has 126 valence electrons. The topological polar surface area (TPSA) is 59.8 Å². The van der Waals surface area contributed by atoms with Gasteiger partial charge in [0.2, 0.25) is 5.91 Å². The lowest BCUT2D eigenvalue weighted by molar-refractivity contribution is -0.113. The summed E-state index contributed by atoms with van der Waals surface area (Å²) in [6, 6.07) is 5.40. The molecule has 0 radical (unpaired) electrons. The molecular formula is C17H19ClN4OS. The number of aryl methyl sites for hydroxylation is 1. The first-order valence-corrected chi connectivity index (χ1v) is 9.17. The fraction of sp³-hybridized carbons (Fsp3) is 0.353. The first-order valence-electron chi connectivity index (χ1n) is 7.81. The molecule has 0 unspecified atom stereocenters. The van der Waals surface area contributed by atoms with E-state index in [1.165, 1.54) is 11.8 Å². The highest BCUT2D eigenvalue weighted by Gasteiger charge is 2.30. The lowest BCUT2D eigenvalue weighted by Gasteiger charge is -2.09. The second-order valence-corrected chi connectivity index (χ2v) is 7.19. The maximum absolute atomic E-state index is 12.2. The van der Waals surface area contributed by atoms with Gasteiger partial charge >= 0.3 is 0 Å². The molecule has 7 heteroatoms. The summed E-state index contributed by atoms with van der Waals surface area (Å²) in [4.78, 5) is 12.2. The van der Waals surface area contributed by atoms with Crippen molar-refractivity contribution in [2.75, 3.05) is 11.1 Å². The van der Waals surface area contributed by atoms with E-state index in [9.17, 15) is 4.79 Å². The number of thioether (sulfide) groups is 1. The Balaban J connectivity index is 1.62. The third kappa shape index (κ3) is 3.99. The third-order valence-corrected chi connectivity index (χ3v) is 5.00. The Morgan fingerprint density at radius 1 is 1.50 bits per heavy atom. The Kier molecular flexibility index (Phi) is 5.26. The summed E-state index contributed by atoms with van der Waals surface area (Å²) in [7, 11) is 0. The van der Waals surface area contributed by atoms with Gasteiger partial charge in [-0.3, -0.25) is 4.79 Å². The van der Waals surface area contributed by atoms with Crippen LogP contribution in [0.3, 0.4) is 0 Å². The summed E-state index contributed by atoms with van der Waals surface area (Å²) < 4.78 is 2.05. The number of carbonyl (C=O) groups is 1. The summed E-state index contributed by atoms with van der Waals surface area (Å²) in [5.74, 6) is 1.72. The molecule has 1 aromatic heterocycles. The Morgan fingerprint density at radius 2 is 2.29 bits per heavy atom. The van der Waals surface area contributed by atoms with E-state index in [2.05, 4.69) is 26.7 Å². The van der Waals surface area contributed by atoms with Crippen LogP contribution in [0.5, 0.6) is 0 Å². The number of rotatable bonds is 7. The van der Waals surface area contributed by atoms with Crippen LogP contribution < -0.4 is 5.32 Å². The molecule has 0 atom stereocenters. The van der Waals surface area contributed by atoms with Gasteiger partial charge in [0.05, 0.1) is 5.75 Å². The second-order valence-electron chi connectivity index (χ2n) is 5.81. The van der Waals surface area contributed by atoms with Crippen molar-refractivity contribution in [3.05, 3.63) is 47.3 Å². The highest BCUT2D eigenvalue weighted by Crippen LogP contribution is 2.40. The van der Waals surface area contributed by atoms with Crippen LogP contribution in [0.2, 0.25) is 5.02 Å². The molecule has 1 amide bonds. The summed E-state index contributed by atoms with van der Waals surface area (Å²) >= 11 is 7.32. The molecule has 0 saturated heterocycles. The number of nitrogens with one attached hydrogen (secondary N) is 1. The van der Waals surface area contributed by atoms with E-state index in [4.69, 9.17) is 11.6 Å². The minimum atomic E-state index is -0.0773. The van der Waals surface area contributed by atoms with E-state index in [1.807, 2.05) is 25.1 Å². The van der Waals surface area contributed by atoms with Gasteiger partial charge in [0, 0.05) is 23.2 Å². The number of amides is 1. The monoisotopic (exact) mass is 362 g/mol. The van der Waals surface area contributed by atoms with Crippen molar-refractivity contribution in [1.82, 2.24) is 14.8 Å². The summed E-state index contributed by atoms with van der Waals surface area (Å²) in [6.07, 6.45) is 4.16. The Morgan fingerprint density at radius 3 is 2.96 bits per heavy atom. The van der Waals surface area contributed by atoms with Crippen molar-refractivity contribution in [1.29, 1.82) is 0 Å². The zero-order valence-electron chi connectivity index (χ0n) is 13.5. The van der Waals surface area contributed by atoms with Crippen LogP contribution >= 0.6 is 23.4 Å². The first-order chi connectivity index (χ1) is 11.6. The van der Waals surface area contributed by atoms with Crippen molar-refractivity contribution < 1.29 is 4.79 Å². The zero-order chi connectivity index (χ0) is 17.1. The van der Waals surface area contributed by atoms with Crippen molar-refractivity contribution in [2.24, 2.45) is 0 Å². The molecule has 24 heavy (non-hydrogen) atoms. The second kappa shape index (κ2) is 7.40. The SMILES string of the molecule is C=CCn1c(SCC(=O)Nc2ccc(Cl)cc2C)nnc1C1CC1. The fourth-order valence-corrected chi connectivity index (χ4v) is 3.42. The normalized spacial score (nSPS) is 13.8. The molecule has 1 N–H and O–H groups in total. The van der Waals surface area contributed by atoms with E-state index in [0.717, 1.165) is 35.1 Å². The van der Waals surface area contributed by atoms with E-state index < -0.39 is 0 Å². The van der Waals surface area contributed by atoms with Crippen molar-refractivity contribution in [3.8, 4) is 0 Å². The fourth-order valence-electron chi connectivity index (χ4n) is 2.43. The highest BCUT2D eigenvalue weighted by molar-refractivity contribution is 7.99. The molecule has 0 bridgehead atoms. The standard InChI is InChI=1S/C17H19ClN4OS/c1-3-8-22-16(12-4-5-12)20-21-17(22)24-10-15(23)19-14-7-6-13(18)9-11(14)2/h3,6-7,9,12H,1,4-5,8,10H2,2H3,(H,19,23). The molecule has 1 saturated carbocycles. The van der Waals surface area contributed by atoms with Crippen LogP contribution in [-0.2, 0) is 11.3 Å². The smallest absolute Gasteiger partial charge is 0.234 e. The molecule has 2 aromatic rings. The highest BCUT2D eigenvalue weighted by atomic mass is 35.5. The van der Waals surface area contributed by atoms with Crippen LogP contribution in [0.15, 0.2) is 36.0 Å². The van der Waals surface area contributed by atoms with E-state index >= 15 is 0 Å². The van der Waals surface area contributed by atoms with Gasteiger partial charge in [-0.1, -0.05) is 29.4 Å². The minimum Gasteiger partial charge on any atom is -0.325 e. The first kappa shape index (κ1) is 17.0. The lowest BCUT2D eigenvalue weighted by atomic mass is 10.2. The van der Waals surface area contributed by atoms with E-state index in [0.29, 0.717) is 17.5 Å². The molecule has 1 aliphatic carbocycles. The number of halogens is 1. The summed E-state index contributed by atoms with van der Waals surface area (Å²) in [5.41, 5.74) is 1.71. The summed E-state index contributed by atoms with van der Waals surface area (Å²) in [5, 5.41) is 12.8. The third-order valence-electron chi connectivity index (χ3n) is 3.79. The summed E-state index contributed by atoms with van der Waals surface area (Å²) in [6.45, 7) is 6.37. The predicted molar refractivity (Wildman–Crippen MR) is 97.7 cm³/mol. The Bertz CT molecular complexity index is 770. The Labute approximate surface area is 150 Å². The maximum atomic E-state index is 12.2. The molecule has 5 nitrogen and oxygen atoms in total. The molecule has 1 aliphatic rings. The molecule has 3 rings (SSSR count). The van der Waals surface area contributed by atoms with Gasteiger partial charge in [-0.15, -0.1) is 16.8 Å². The number of hydrogen-bond donors (Lipinski definition) is 1. The van der Waals surface area contributed by atoms with E-state index in [1.54, 1.807) is 6.07 Å². The van der Waals surface area contributed by atoms with Gasteiger partial charge < -0.3 is 9.88 Å². The number of hydrogen-bond acceptors (Lipinski definition) is 4. The minimum absolute atomic E-state index is 0.0773. The average Bonchev–Trinajstić information content (AvgIpc) is 3.31. The number of benzene rings is 1. The van der Waals surface area contributed by atoms with E-state index in [-0.39, 0.29) is 11.7 Å². The Hall–Kier alpha value is -1.79.